The van der Waals surface area contributed by atoms with Crippen LogP contribution in [0.3, 0.4) is 0 Å². The van der Waals surface area contributed by atoms with Gasteiger partial charge >= 0.3 is 5.63 Å². The van der Waals surface area contributed by atoms with Crippen molar-refractivity contribution >= 4 is 33.8 Å². The molecular weight excluding hydrogens is 398 g/mol. The summed E-state index contributed by atoms with van der Waals surface area (Å²) in [5, 5.41) is 15.6. The van der Waals surface area contributed by atoms with Crippen LogP contribution in [-0.4, -0.2) is 17.9 Å². The van der Waals surface area contributed by atoms with E-state index in [2.05, 4.69) is 5.32 Å². The summed E-state index contributed by atoms with van der Waals surface area (Å²) in [6.07, 6.45) is 5.59. The van der Waals surface area contributed by atoms with E-state index in [0.717, 1.165) is 48.6 Å². The van der Waals surface area contributed by atoms with Crippen molar-refractivity contribution in [2.45, 2.75) is 71.3 Å². The quantitative estimate of drug-likeness (QED) is 0.584. The fourth-order valence-electron chi connectivity index (χ4n) is 4.41. The molecule has 0 saturated carbocycles. The average Bonchev–Trinajstić information content (AvgIpc) is 3.10. The summed E-state index contributed by atoms with van der Waals surface area (Å²) in [6.45, 7) is 3.72. The molecule has 0 aliphatic heterocycles. The van der Waals surface area contributed by atoms with E-state index in [1.165, 1.54) is 5.56 Å². The van der Waals surface area contributed by atoms with Gasteiger partial charge in [0.05, 0.1) is 24.0 Å². The first-order valence-corrected chi connectivity index (χ1v) is 10.9. The third-order valence-electron chi connectivity index (χ3n) is 6.17. The zero-order valence-electron chi connectivity index (χ0n) is 17.8. The van der Waals surface area contributed by atoms with E-state index in [9.17, 15) is 19.5 Å². The summed E-state index contributed by atoms with van der Waals surface area (Å²) in [5.74, 6) is -0.866. The predicted molar refractivity (Wildman–Crippen MR) is 114 cm³/mol. The monoisotopic (exact) mass is 424 g/mol. The van der Waals surface area contributed by atoms with E-state index >= 15 is 0 Å². The van der Waals surface area contributed by atoms with Gasteiger partial charge in [-0.25, -0.2) is 4.79 Å². The van der Waals surface area contributed by atoms with Gasteiger partial charge in [-0.3, -0.25) is 4.79 Å². The summed E-state index contributed by atoms with van der Waals surface area (Å²) in [7, 11) is 0. The molecule has 2 aromatic heterocycles. The molecule has 164 valence electrons. The lowest BCUT2D eigenvalue weighted by molar-refractivity contribution is -0.308. The summed E-state index contributed by atoms with van der Waals surface area (Å²) in [4.78, 5) is 36.4. The first-order chi connectivity index (χ1) is 14.9. The second-order valence-electron chi connectivity index (χ2n) is 8.31. The molecule has 0 bridgehead atoms. The molecule has 3 aromatic rings. The molecule has 0 radical (unpaired) electrons. The summed E-state index contributed by atoms with van der Waals surface area (Å²) in [6, 6.07) is 2.65. The van der Waals surface area contributed by atoms with E-state index in [4.69, 9.17) is 8.83 Å². The predicted octanol–water partition coefficient (Wildman–Crippen LogP) is 2.69. The van der Waals surface area contributed by atoms with Crippen molar-refractivity contribution in [1.82, 2.24) is 5.32 Å². The lowest BCUT2D eigenvalue weighted by atomic mass is 9.94. The van der Waals surface area contributed by atoms with Crippen LogP contribution in [0.5, 0.6) is 0 Å². The van der Waals surface area contributed by atoms with Gasteiger partial charge in [-0.1, -0.05) is 19.8 Å². The number of benzene rings is 1. The van der Waals surface area contributed by atoms with Crippen molar-refractivity contribution in [3.63, 3.8) is 0 Å². The fraction of sp³-hybridized carbons (Fsp3) is 0.458. The number of amides is 1. The van der Waals surface area contributed by atoms with Gasteiger partial charge < -0.3 is 24.1 Å². The average molecular weight is 424 g/mol. The molecule has 2 heterocycles. The van der Waals surface area contributed by atoms with Gasteiger partial charge in [-0.2, -0.15) is 0 Å². The minimum absolute atomic E-state index is 0.231. The Morgan fingerprint density at radius 3 is 2.61 bits per heavy atom. The van der Waals surface area contributed by atoms with Crippen LogP contribution in [-0.2, 0) is 28.9 Å². The second-order valence-corrected chi connectivity index (χ2v) is 8.31. The van der Waals surface area contributed by atoms with E-state index < -0.39 is 23.5 Å². The SMILES string of the molecule is CCCC[C@@H](NC(=O)Cc1c(C)c2cc3c4c(oc3cc2oc1=O)CCCC4)C(=O)[O-]. The Labute approximate surface area is 179 Å². The van der Waals surface area contributed by atoms with Crippen LogP contribution in [0.2, 0.25) is 0 Å². The first-order valence-electron chi connectivity index (χ1n) is 10.9. The minimum Gasteiger partial charge on any atom is -0.548 e. The zero-order valence-corrected chi connectivity index (χ0v) is 17.8. The van der Waals surface area contributed by atoms with Crippen LogP contribution in [0, 0.1) is 6.92 Å². The lowest BCUT2D eigenvalue weighted by Gasteiger charge is -2.19. The van der Waals surface area contributed by atoms with Gasteiger partial charge in [0.15, 0.2) is 0 Å². The van der Waals surface area contributed by atoms with E-state index in [0.29, 0.717) is 29.6 Å². The van der Waals surface area contributed by atoms with Gasteiger partial charge in [-0.05, 0) is 44.2 Å². The maximum atomic E-state index is 12.6. The number of carboxylic acids is 1. The van der Waals surface area contributed by atoms with Gasteiger partial charge in [0.2, 0.25) is 5.91 Å². The van der Waals surface area contributed by atoms with Crippen molar-refractivity contribution in [3.8, 4) is 0 Å². The van der Waals surface area contributed by atoms with Crippen molar-refractivity contribution < 1.29 is 23.5 Å². The number of aryl methyl sites for hydroxylation is 3. The highest BCUT2D eigenvalue weighted by Gasteiger charge is 2.22. The lowest BCUT2D eigenvalue weighted by Crippen LogP contribution is -2.48. The number of hydrogen-bond acceptors (Lipinski definition) is 6. The molecule has 31 heavy (non-hydrogen) atoms. The van der Waals surface area contributed by atoms with Gasteiger partial charge in [0.25, 0.3) is 0 Å². The summed E-state index contributed by atoms with van der Waals surface area (Å²) in [5.41, 5.74) is 2.62. The zero-order chi connectivity index (χ0) is 22.1. The Morgan fingerprint density at radius 1 is 1.13 bits per heavy atom. The number of carboxylic acid groups (broad SMARTS) is 1. The maximum Gasteiger partial charge on any atom is 0.340 e. The standard InChI is InChI=1S/C24H27NO6/c1-3-4-8-18(23(27)28)25-22(26)11-16-13(2)15-10-17-14-7-5-6-9-19(14)30-21(17)12-20(15)31-24(16)29/h10,12,18H,3-9,11H2,1-2H3,(H,25,26)(H,27,28)/p-1/t18-/m1/s1. The number of carbonyl (C=O) groups excluding carboxylic acids is 2. The topological polar surface area (TPSA) is 113 Å². The Hall–Kier alpha value is -3.09. The molecule has 4 rings (SSSR count). The van der Waals surface area contributed by atoms with Crippen molar-refractivity contribution in [2.75, 3.05) is 0 Å². The molecule has 1 amide bonds. The molecular formula is C24H26NO6-. The van der Waals surface area contributed by atoms with Crippen LogP contribution < -0.4 is 16.0 Å². The maximum absolute atomic E-state index is 12.6. The highest BCUT2D eigenvalue weighted by molar-refractivity contribution is 5.97. The fourth-order valence-corrected chi connectivity index (χ4v) is 4.41. The van der Waals surface area contributed by atoms with Crippen molar-refractivity contribution in [3.05, 3.63) is 45.0 Å². The van der Waals surface area contributed by atoms with Crippen LogP contribution >= 0.6 is 0 Å². The summed E-state index contributed by atoms with van der Waals surface area (Å²) >= 11 is 0. The number of hydrogen-bond donors (Lipinski definition) is 1. The van der Waals surface area contributed by atoms with Crippen LogP contribution in [0.1, 0.15) is 61.5 Å². The molecule has 0 saturated heterocycles. The van der Waals surface area contributed by atoms with Crippen LogP contribution in [0.4, 0.5) is 0 Å². The molecule has 1 atom stereocenters. The molecule has 1 aliphatic carbocycles. The Morgan fingerprint density at radius 2 is 1.87 bits per heavy atom. The molecule has 0 spiro atoms. The van der Waals surface area contributed by atoms with Crippen molar-refractivity contribution in [1.29, 1.82) is 0 Å². The number of nitrogens with one attached hydrogen (secondary N) is 1. The third kappa shape index (κ3) is 4.09. The van der Waals surface area contributed by atoms with E-state index in [-0.39, 0.29) is 12.0 Å². The molecule has 0 unspecified atom stereocenters. The molecule has 7 heteroatoms. The van der Waals surface area contributed by atoms with E-state index in [1.54, 1.807) is 13.0 Å². The molecule has 1 aromatic carbocycles. The second kappa shape index (κ2) is 8.57. The van der Waals surface area contributed by atoms with E-state index in [1.807, 2.05) is 13.0 Å². The van der Waals surface area contributed by atoms with Crippen LogP contribution in [0.15, 0.2) is 25.8 Å². The Kier molecular flexibility index (Phi) is 5.85. The number of unbranched alkanes of at least 4 members (excludes halogenated alkanes) is 1. The third-order valence-corrected chi connectivity index (χ3v) is 6.17. The molecule has 1 N–H and O–H groups in total. The van der Waals surface area contributed by atoms with Crippen molar-refractivity contribution in [2.24, 2.45) is 0 Å². The number of aliphatic carboxylic acids is 1. The highest BCUT2D eigenvalue weighted by atomic mass is 16.4. The van der Waals surface area contributed by atoms with Gasteiger partial charge in [0, 0.05) is 28.8 Å². The van der Waals surface area contributed by atoms with Gasteiger partial charge in [-0.15, -0.1) is 0 Å². The molecule has 7 nitrogen and oxygen atoms in total. The minimum atomic E-state index is -1.32. The number of fused-ring (bicyclic) bond motifs is 4. The Bertz CT molecular complexity index is 1220. The number of furan rings is 1. The normalized spacial score (nSPS) is 14.5. The summed E-state index contributed by atoms with van der Waals surface area (Å²) < 4.78 is 11.5. The molecule has 0 fully saturated rings. The molecule has 1 aliphatic rings. The van der Waals surface area contributed by atoms with Gasteiger partial charge in [0.1, 0.15) is 16.9 Å². The number of rotatable bonds is 7. The Balaban J connectivity index is 1.68. The largest absolute Gasteiger partial charge is 0.548 e. The smallest absolute Gasteiger partial charge is 0.340 e. The first kappa shape index (κ1) is 21.2. The van der Waals surface area contributed by atoms with Crippen LogP contribution in [0.25, 0.3) is 21.9 Å². The number of carbonyl (C=O) groups is 2. The highest BCUT2D eigenvalue weighted by Crippen LogP contribution is 2.35.